The van der Waals surface area contributed by atoms with E-state index in [-0.39, 0.29) is 11.6 Å². The summed E-state index contributed by atoms with van der Waals surface area (Å²) >= 11 is 0. The number of ether oxygens (including phenoxy) is 2. The van der Waals surface area contributed by atoms with Crippen molar-refractivity contribution in [1.29, 1.82) is 5.26 Å². The van der Waals surface area contributed by atoms with E-state index in [1.54, 1.807) is 26.5 Å². The third-order valence-electron chi connectivity index (χ3n) is 5.19. The minimum absolute atomic E-state index is 0.0158. The first-order chi connectivity index (χ1) is 16.0. The molecule has 0 saturated carbocycles. The summed E-state index contributed by atoms with van der Waals surface area (Å²) in [6, 6.07) is 26.7. The van der Waals surface area contributed by atoms with Crippen molar-refractivity contribution in [1.82, 2.24) is 5.32 Å². The fourth-order valence-corrected chi connectivity index (χ4v) is 3.39. The molecule has 6 nitrogen and oxygen atoms in total. The number of carbonyl (C=O) groups is 1. The molecule has 0 aliphatic heterocycles. The van der Waals surface area contributed by atoms with Crippen molar-refractivity contribution in [3.8, 4) is 17.6 Å². The van der Waals surface area contributed by atoms with Gasteiger partial charge in [0.25, 0.3) is 5.91 Å². The number of nitriles is 1. The first-order valence-corrected chi connectivity index (χ1v) is 10.6. The standard InChI is InChI=1S/C27H27N3O3/c1-20(22-14-15-25(32-2)26(16-22)33-3)29-27(31)23(17-28)19-30(24-12-8-5-9-13-24)18-21-10-6-4-7-11-21/h4-16,19-20H,18H2,1-3H3,(H,29,31)/b23-19-. The molecule has 6 heteroatoms. The SMILES string of the molecule is COc1ccc(C(C)NC(=O)/C(C#N)=C\N(Cc2ccccc2)c2ccccc2)cc1OC. The van der Waals surface area contributed by atoms with Crippen LogP contribution in [0, 0.1) is 11.3 Å². The lowest BCUT2D eigenvalue weighted by Gasteiger charge is -2.22. The van der Waals surface area contributed by atoms with Crippen LogP contribution in [0.4, 0.5) is 5.69 Å². The summed E-state index contributed by atoms with van der Waals surface area (Å²) < 4.78 is 10.6. The molecule has 0 spiro atoms. The van der Waals surface area contributed by atoms with Crippen molar-refractivity contribution in [3.05, 3.63) is 102 Å². The predicted octanol–water partition coefficient (Wildman–Crippen LogP) is 5.00. The van der Waals surface area contributed by atoms with Gasteiger partial charge in [0.1, 0.15) is 11.6 Å². The number of nitrogens with zero attached hydrogens (tertiary/aromatic N) is 2. The Morgan fingerprint density at radius 1 is 1.00 bits per heavy atom. The van der Waals surface area contributed by atoms with Crippen molar-refractivity contribution in [2.45, 2.75) is 19.5 Å². The Balaban J connectivity index is 1.83. The van der Waals surface area contributed by atoms with E-state index < -0.39 is 5.91 Å². The number of hydrogen-bond donors (Lipinski definition) is 1. The van der Waals surface area contributed by atoms with E-state index in [1.165, 1.54) is 0 Å². The highest BCUT2D eigenvalue weighted by molar-refractivity contribution is 5.97. The van der Waals surface area contributed by atoms with Crippen LogP contribution in [-0.2, 0) is 11.3 Å². The minimum atomic E-state index is -0.450. The molecule has 33 heavy (non-hydrogen) atoms. The van der Waals surface area contributed by atoms with E-state index in [2.05, 4.69) is 5.32 Å². The van der Waals surface area contributed by atoms with Gasteiger partial charge in [0.05, 0.1) is 20.3 Å². The number of nitrogens with one attached hydrogen (secondary N) is 1. The predicted molar refractivity (Wildman–Crippen MR) is 129 cm³/mol. The van der Waals surface area contributed by atoms with E-state index in [1.807, 2.05) is 90.7 Å². The summed E-state index contributed by atoms with van der Waals surface area (Å²) in [5.74, 6) is 0.732. The molecule has 0 saturated heterocycles. The molecule has 0 aliphatic carbocycles. The Morgan fingerprint density at radius 2 is 1.64 bits per heavy atom. The largest absolute Gasteiger partial charge is 0.493 e. The Bertz CT molecular complexity index is 1140. The lowest BCUT2D eigenvalue weighted by Crippen LogP contribution is -2.29. The summed E-state index contributed by atoms with van der Waals surface area (Å²) in [6.45, 7) is 2.38. The van der Waals surface area contributed by atoms with Crippen LogP contribution in [0.3, 0.4) is 0 Å². The first-order valence-electron chi connectivity index (χ1n) is 10.6. The molecule has 3 rings (SSSR count). The molecule has 0 fully saturated rings. The maximum Gasteiger partial charge on any atom is 0.263 e. The van der Waals surface area contributed by atoms with E-state index in [0.717, 1.165) is 16.8 Å². The van der Waals surface area contributed by atoms with Gasteiger partial charge < -0.3 is 19.7 Å². The summed E-state index contributed by atoms with van der Waals surface area (Å²) in [5, 5.41) is 12.7. The highest BCUT2D eigenvalue weighted by atomic mass is 16.5. The van der Waals surface area contributed by atoms with Crippen LogP contribution >= 0.6 is 0 Å². The van der Waals surface area contributed by atoms with Crippen molar-refractivity contribution in [2.75, 3.05) is 19.1 Å². The third kappa shape index (κ3) is 6.14. The fourth-order valence-electron chi connectivity index (χ4n) is 3.39. The average Bonchev–Trinajstić information content (AvgIpc) is 2.87. The second kappa shape index (κ2) is 11.4. The van der Waals surface area contributed by atoms with Crippen LogP contribution in [0.1, 0.15) is 24.1 Å². The lowest BCUT2D eigenvalue weighted by molar-refractivity contribution is -0.117. The molecule has 3 aromatic carbocycles. The van der Waals surface area contributed by atoms with Crippen LogP contribution in [0.25, 0.3) is 0 Å². The second-order valence-corrected chi connectivity index (χ2v) is 7.41. The molecule has 168 valence electrons. The van der Waals surface area contributed by atoms with Gasteiger partial charge in [0.15, 0.2) is 11.5 Å². The Labute approximate surface area is 194 Å². The van der Waals surface area contributed by atoms with Gasteiger partial charge in [0, 0.05) is 18.4 Å². The van der Waals surface area contributed by atoms with Crippen molar-refractivity contribution >= 4 is 11.6 Å². The number of anilines is 1. The molecular formula is C27H27N3O3. The van der Waals surface area contributed by atoms with Crippen molar-refractivity contribution in [2.24, 2.45) is 0 Å². The van der Waals surface area contributed by atoms with E-state index in [9.17, 15) is 10.1 Å². The topological polar surface area (TPSA) is 74.6 Å². The molecule has 0 aromatic heterocycles. The van der Waals surface area contributed by atoms with Gasteiger partial charge in [-0.05, 0) is 42.3 Å². The van der Waals surface area contributed by atoms with E-state index in [4.69, 9.17) is 9.47 Å². The lowest BCUT2D eigenvalue weighted by atomic mass is 10.1. The van der Waals surface area contributed by atoms with E-state index in [0.29, 0.717) is 18.0 Å². The van der Waals surface area contributed by atoms with Gasteiger partial charge in [-0.25, -0.2) is 0 Å². The monoisotopic (exact) mass is 441 g/mol. The number of benzene rings is 3. The smallest absolute Gasteiger partial charge is 0.263 e. The van der Waals surface area contributed by atoms with E-state index >= 15 is 0 Å². The van der Waals surface area contributed by atoms with Crippen LogP contribution in [-0.4, -0.2) is 20.1 Å². The van der Waals surface area contributed by atoms with Crippen molar-refractivity contribution < 1.29 is 14.3 Å². The average molecular weight is 442 g/mol. The van der Waals surface area contributed by atoms with Gasteiger partial charge in [-0.15, -0.1) is 0 Å². The number of amides is 1. The highest BCUT2D eigenvalue weighted by Crippen LogP contribution is 2.30. The molecule has 0 bridgehead atoms. The molecule has 3 aromatic rings. The second-order valence-electron chi connectivity index (χ2n) is 7.41. The summed E-state index contributed by atoms with van der Waals surface area (Å²) in [6.07, 6.45) is 1.60. The molecule has 1 unspecified atom stereocenters. The van der Waals surface area contributed by atoms with Crippen LogP contribution in [0.5, 0.6) is 11.5 Å². The molecule has 1 amide bonds. The zero-order valence-corrected chi connectivity index (χ0v) is 19.0. The molecule has 0 aliphatic rings. The van der Waals surface area contributed by atoms with Gasteiger partial charge in [0.2, 0.25) is 0 Å². The molecular weight excluding hydrogens is 414 g/mol. The van der Waals surface area contributed by atoms with Gasteiger partial charge in [-0.2, -0.15) is 5.26 Å². The maximum atomic E-state index is 13.0. The zero-order chi connectivity index (χ0) is 23.6. The minimum Gasteiger partial charge on any atom is -0.493 e. The molecule has 1 N–H and O–H groups in total. The number of para-hydroxylation sites is 1. The first kappa shape index (κ1) is 23.4. The van der Waals surface area contributed by atoms with Crippen LogP contribution in [0.2, 0.25) is 0 Å². The number of carbonyl (C=O) groups excluding carboxylic acids is 1. The third-order valence-corrected chi connectivity index (χ3v) is 5.19. The maximum absolute atomic E-state index is 13.0. The molecule has 1 atom stereocenters. The summed E-state index contributed by atoms with van der Waals surface area (Å²) in [5.41, 5.74) is 2.80. The van der Waals surface area contributed by atoms with Gasteiger partial charge >= 0.3 is 0 Å². The Hall–Kier alpha value is -4.24. The quantitative estimate of drug-likeness (QED) is 0.374. The van der Waals surface area contributed by atoms with Gasteiger partial charge in [-0.1, -0.05) is 54.6 Å². The number of methoxy groups -OCH3 is 2. The number of hydrogen-bond acceptors (Lipinski definition) is 5. The normalized spacial score (nSPS) is 11.8. The Kier molecular flexibility index (Phi) is 8.09. The van der Waals surface area contributed by atoms with Crippen molar-refractivity contribution in [3.63, 3.8) is 0 Å². The summed E-state index contributed by atoms with van der Waals surface area (Å²) in [4.78, 5) is 14.9. The molecule has 0 heterocycles. The molecule has 0 radical (unpaired) electrons. The Morgan fingerprint density at radius 3 is 2.24 bits per heavy atom. The summed E-state index contributed by atoms with van der Waals surface area (Å²) in [7, 11) is 3.13. The fraction of sp³-hybridized carbons (Fsp3) is 0.185. The zero-order valence-electron chi connectivity index (χ0n) is 19.0. The van der Waals surface area contributed by atoms with Crippen LogP contribution < -0.4 is 19.7 Å². The number of rotatable bonds is 9. The highest BCUT2D eigenvalue weighted by Gasteiger charge is 2.17. The van der Waals surface area contributed by atoms with Crippen LogP contribution in [0.15, 0.2) is 90.6 Å². The van der Waals surface area contributed by atoms with Gasteiger partial charge in [-0.3, -0.25) is 4.79 Å².